The van der Waals surface area contributed by atoms with E-state index in [1.54, 1.807) is 6.20 Å². The molecule has 6 nitrogen and oxygen atoms in total. The Morgan fingerprint density at radius 2 is 1.79 bits per heavy atom. The van der Waals surface area contributed by atoms with Crippen molar-refractivity contribution < 1.29 is 0 Å². The number of hydrogen-bond acceptors (Lipinski definition) is 6. The third-order valence-corrected chi connectivity index (χ3v) is 2.29. The quantitative estimate of drug-likeness (QED) is 0.783. The Hall–Kier alpha value is -2.37. The number of nitrogens with one attached hydrogen (secondary N) is 2. The number of rotatable bonds is 3. The molecule has 0 aromatic carbocycles. The van der Waals surface area contributed by atoms with Gasteiger partial charge in [-0.05, 0) is 32.9 Å². The van der Waals surface area contributed by atoms with E-state index in [1.807, 2.05) is 39.0 Å². The fourth-order valence-corrected chi connectivity index (χ4v) is 1.51. The summed E-state index contributed by atoms with van der Waals surface area (Å²) in [6.07, 6.45) is 3.17. The molecule has 0 spiro atoms. The Labute approximate surface area is 112 Å². The summed E-state index contributed by atoms with van der Waals surface area (Å²) in [6, 6.07) is 5.58. The van der Waals surface area contributed by atoms with Crippen LogP contribution in [0.15, 0.2) is 30.7 Å². The zero-order valence-corrected chi connectivity index (χ0v) is 11.3. The van der Waals surface area contributed by atoms with Gasteiger partial charge in [-0.3, -0.25) is 0 Å². The minimum absolute atomic E-state index is 0.120. The van der Waals surface area contributed by atoms with Crippen LogP contribution in [0.3, 0.4) is 0 Å². The molecule has 4 N–H and O–H groups in total. The standard InChI is InChI=1S/C13H18N6/c1-13(2,3)19-12-10(14)11(16-8-17-12)18-9-6-4-5-7-15-9/h4-8H,14H2,1-3H3,(H2,15,16,17,18,19). The maximum atomic E-state index is 6.06. The maximum Gasteiger partial charge on any atom is 0.160 e. The number of nitrogens with two attached hydrogens (primary N) is 1. The lowest BCUT2D eigenvalue weighted by atomic mass is 10.1. The lowest BCUT2D eigenvalue weighted by Crippen LogP contribution is -2.27. The third kappa shape index (κ3) is 3.54. The van der Waals surface area contributed by atoms with Crippen LogP contribution in [0, 0.1) is 0 Å². The van der Waals surface area contributed by atoms with Crippen LogP contribution in [0.25, 0.3) is 0 Å². The highest BCUT2D eigenvalue weighted by molar-refractivity contribution is 5.77. The molecule has 0 aliphatic carbocycles. The van der Waals surface area contributed by atoms with Gasteiger partial charge in [0.05, 0.1) is 0 Å². The van der Waals surface area contributed by atoms with E-state index >= 15 is 0 Å². The predicted molar refractivity (Wildman–Crippen MR) is 77.3 cm³/mol. The molecule has 19 heavy (non-hydrogen) atoms. The largest absolute Gasteiger partial charge is 0.393 e. The van der Waals surface area contributed by atoms with Crippen LogP contribution in [0.4, 0.5) is 23.1 Å². The molecule has 100 valence electrons. The molecule has 2 aromatic rings. The van der Waals surface area contributed by atoms with Crippen molar-refractivity contribution >= 4 is 23.1 Å². The summed E-state index contributed by atoms with van der Waals surface area (Å²) in [4.78, 5) is 12.5. The van der Waals surface area contributed by atoms with Gasteiger partial charge in [0.15, 0.2) is 11.6 Å². The van der Waals surface area contributed by atoms with Crippen molar-refractivity contribution in [1.82, 2.24) is 15.0 Å². The molecule has 0 saturated carbocycles. The number of anilines is 4. The summed E-state index contributed by atoms with van der Waals surface area (Å²) >= 11 is 0. The molecule has 0 amide bonds. The first-order valence-corrected chi connectivity index (χ1v) is 6.02. The van der Waals surface area contributed by atoms with Gasteiger partial charge < -0.3 is 16.4 Å². The molecule has 2 aromatic heterocycles. The van der Waals surface area contributed by atoms with Gasteiger partial charge in [0.2, 0.25) is 0 Å². The first-order chi connectivity index (χ1) is 8.96. The Bertz CT molecular complexity index is 547. The van der Waals surface area contributed by atoms with Crippen molar-refractivity contribution in [2.24, 2.45) is 0 Å². The highest BCUT2D eigenvalue weighted by Gasteiger charge is 2.15. The van der Waals surface area contributed by atoms with Crippen molar-refractivity contribution in [2.45, 2.75) is 26.3 Å². The van der Waals surface area contributed by atoms with E-state index < -0.39 is 0 Å². The van der Waals surface area contributed by atoms with E-state index in [2.05, 4.69) is 25.6 Å². The van der Waals surface area contributed by atoms with Crippen LogP contribution in [0.2, 0.25) is 0 Å². The van der Waals surface area contributed by atoms with E-state index in [0.29, 0.717) is 23.1 Å². The first kappa shape index (κ1) is 13.1. The lowest BCUT2D eigenvalue weighted by molar-refractivity contribution is 0.630. The monoisotopic (exact) mass is 258 g/mol. The number of nitrogen functional groups attached to an aromatic ring is 1. The van der Waals surface area contributed by atoms with Gasteiger partial charge in [-0.1, -0.05) is 6.07 Å². The smallest absolute Gasteiger partial charge is 0.160 e. The van der Waals surface area contributed by atoms with Crippen LogP contribution < -0.4 is 16.4 Å². The van der Waals surface area contributed by atoms with Gasteiger partial charge in [0.1, 0.15) is 17.8 Å². The Balaban J connectivity index is 2.25. The molecular weight excluding hydrogens is 240 g/mol. The fraction of sp³-hybridized carbons (Fsp3) is 0.308. The Kier molecular flexibility index (Phi) is 3.50. The number of hydrogen-bond donors (Lipinski definition) is 3. The van der Waals surface area contributed by atoms with Gasteiger partial charge in [-0.15, -0.1) is 0 Å². The zero-order chi connectivity index (χ0) is 13.9. The van der Waals surface area contributed by atoms with Gasteiger partial charge in [-0.2, -0.15) is 0 Å². The molecule has 6 heteroatoms. The highest BCUT2D eigenvalue weighted by Crippen LogP contribution is 2.26. The minimum Gasteiger partial charge on any atom is -0.393 e. The van der Waals surface area contributed by atoms with Crippen molar-refractivity contribution in [3.8, 4) is 0 Å². The second-order valence-electron chi connectivity index (χ2n) is 5.20. The van der Waals surface area contributed by atoms with Gasteiger partial charge in [0, 0.05) is 11.7 Å². The first-order valence-electron chi connectivity index (χ1n) is 6.02. The molecular formula is C13H18N6. The number of aromatic nitrogens is 3. The topological polar surface area (TPSA) is 88.8 Å². The Morgan fingerprint density at radius 1 is 1.05 bits per heavy atom. The molecule has 0 fully saturated rings. The fourth-order valence-electron chi connectivity index (χ4n) is 1.51. The lowest BCUT2D eigenvalue weighted by Gasteiger charge is -2.22. The SMILES string of the molecule is CC(C)(C)Nc1ncnc(Nc2ccccn2)c1N. The molecule has 0 aliphatic heterocycles. The van der Waals surface area contributed by atoms with Crippen LogP contribution in [-0.2, 0) is 0 Å². The van der Waals surface area contributed by atoms with Crippen LogP contribution >= 0.6 is 0 Å². The third-order valence-electron chi connectivity index (χ3n) is 2.29. The normalized spacial score (nSPS) is 11.1. The molecule has 0 bridgehead atoms. The van der Waals surface area contributed by atoms with E-state index in [9.17, 15) is 0 Å². The minimum atomic E-state index is -0.120. The summed E-state index contributed by atoms with van der Waals surface area (Å²) < 4.78 is 0. The summed E-state index contributed by atoms with van der Waals surface area (Å²) in [5.41, 5.74) is 6.42. The zero-order valence-electron chi connectivity index (χ0n) is 11.3. The van der Waals surface area contributed by atoms with E-state index in [4.69, 9.17) is 5.73 Å². The maximum absolute atomic E-state index is 6.06. The van der Waals surface area contributed by atoms with Crippen molar-refractivity contribution in [3.05, 3.63) is 30.7 Å². The van der Waals surface area contributed by atoms with Crippen molar-refractivity contribution in [2.75, 3.05) is 16.4 Å². The van der Waals surface area contributed by atoms with E-state index in [-0.39, 0.29) is 5.54 Å². The second-order valence-corrected chi connectivity index (χ2v) is 5.20. The molecule has 0 unspecified atom stereocenters. The Morgan fingerprint density at radius 3 is 2.42 bits per heavy atom. The number of pyridine rings is 1. The molecule has 2 rings (SSSR count). The summed E-state index contributed by atoms with van der Waals surface area (Å²) in [7, 11) is 0. The molecule has 0 aliphatic rings. The van der Waals surface area contributed by atoms with E-state index in [1.165, 1.54) is 6.33 Å². The molecule has 0 atom stereocenters. The average Bonchev–Trinajstić information content (AvgIpc) is 2.34. The summed E-state index contributed by atoms with van der Waals surface area (Å²) in [6.45, 7) is 6.13. The van der Waals surface area contributed by atoms with Crippen LogP contribution in [0.1, 0.15) is 20.8 Å². The number of nitrogens with zero attached hydrogens (tertiary/aromatic N) is 3. The van der Waals surface area contributed by atoms with Crippen LogP contribution in [0.5, 0.6) is 0 Å². The molecule has 0 radical (unpaired) electrons. The second kappa shape index (κ2) is 5.09. The van der Waals surface area contributed by atoms with Gasteiger partial charge >= 0.3 is 0 Å². The van der Waals surface area contributed by atoms with Gasteiger partial charge in [0.25, 0.3) is 0 Å². The molecule has 0 saturated heterocycles. The summed E-state index contributed by atoms with van der Waals surface area (Å²) in [5.74, 6) is 1.84. The highest BCUT2D eigenvalue weighted by atomic mass is 15.1. The van der Waals surface area contributed by atoms with Crippen molar-refractivity contribution in [1.29, 1.82) is 0 Å². The summed E-state index contributed by atoms with van der Waals surface area (Å²) in [5, 5.41) is 6.31. The average molecular weight is 258 g/mol. The molecule has 2 heterocycles. The van der Waals surface area contributed by atoms with Gasteiger partial charge in [-0.25, -0.2) is 15.0 Å². The van der Waals surface area contributed by atoms with Crippen molar-refractivity contribution in [3.63, 3.8) is 0 Å². The van der Waals surface area contributed by atoms with E-state index in [0.717, 1.165) is 0 Å². The van der Waals surface area contributed by atoms with Crippen LogP contribution in [-0.4, -0.2) is 20.5 Å². The predicted octanol–water partition coefficient (Wildman–Crippen LogP) is 2.41.